The second-order valence-corrected chi connectivity index (χ2v) is 8.58. The van der Waals surface area contributed by atoms with Crippen molar-refractivity contribution in [1.82, 2.24) is 10.6 Å². The SMILES string of the molecule is CC(=O)NCC1CN(c2ccc(-c3ccc(CNCc4ccc(Cl)cc4)cc3)c(F)c2)C(=O)O1. The number of hydrogen-bond donors (Lipinski definition) is 2. The van der Waals surface area contributed by atoms with E-state index in [2.05, 4.69) is 10.6 Å². The summed E-state index contributed by atoms with van der Waals surface area (Å²) in [7, 11) is 0. The fourth-order valence-electron chi connectivity index (χ4n) is 3.76. The first-order valence-corrected chi connectivity index (χ1v) is 11.3. The first kappa shape index (κ1) is 23.7. The van der Waals surface area contributed by atoms with Gasteiger partial charge < -0.3 is 15.4 Å². The summed E-state index contributed by atoms with van der Waals surface area (Å²) in [5.41, 5.74) is 3.84. The molecule has 176 valence electrons. The number of carbonyl (C=O) groups is 2. The van der Waals surface area contributed by atoms with Gasteiger partial charge in [0, 0.05) is 30.6 Å². The molecule has 34 heavy (non-hydrogen) atoms. The van der Waals surface area contributed by atoms with Crippen LogP contribution in [0.25, 0.3) is 11.1 Å². The van der Waals surface area contributed by atoms with Crippen LogP contribution >= 0.6 is 11.6 Å². The number of ether oxygens (including phenoxy) is 1. The molecule has 0 aliphatic carbocycles. The van der Waals surface area contributed by atoms with E-state index < -0.39 is 18.0 Å². The smallest absolute Gasteiger partial charge is 0.414 e. The Bertz CT molecular complexity index is 1170. The normalized spacial score (nSPS) is 15.3. The van der Waals surface area contributed by atoms with Gasteiger partial charge in [0.2, 0.25) is 5.91 Å². The first-order valence-electron chi connectivity index (χ1n) is 11.0. The molecule has 1 atom stereocenters. The average Bonchev–Trinajstić information content (AvgIpc) is 3.20. The molecule has 3 aromatic rings. The Morgan fingerprint density at radius 1 is 1.06 bits per heavy atom. The number of rotatable bonds is 8. The predicted octanol–water partition coefficient (Wildman–Crippen LogP) is 4.90. The molecule has 1 aliphatic rings. The first-order chi connectivity index (χ1) is 16.4. The number of amides is 2. The highest BCUT2D eigenvalue weighted by atomic mass is 35.5. The van der Waals surface area contributed by atoms with Gasteiger partial charge in [0.15, 0.2) is 0 Å². The summed E-state index contributed by atoms with van der Waals surface area (Å²) in [6.07, 6.45) is -1.03. The molecule has 1 unspecified atom stereocenters. The van der Waals surface area contributed by atoms with Gasteiger partial charge in [-0.3, -0.25) is 9.69 Å². The van der Waals surface area contributed by atoms with Crippen LogP contribution in [0.3, 0.4) is 0 Å². The van der Waals surface area contributed by atoms with E-state index in [1.54, 1.807) is 12.1 Å². The van der Waals surface area contributed by atoms with Gasteiger partial charge in [-0.25, -0.2) is 9.18 Å². The van der Waals surface area contributed by atoms with E-state index in [1.807, 2.05) is 48.5 Å². The Hall–Kier alpha value is -3.42. The van der Waals surface area contributed by atoms with Crippen molar-refractivity contribution in [2.75, 3.05) is 18.0 Å². The Kier molecular flexibility index (Phi) is 7.45. The van der Waals surface area contributed by atoms with Gasteiger partial charge in [-0.15, -0.1) is 0 Å². The molecule has 1 saturated heterocycles. The Labute approximate surface area is 202 Å². The van der Waals surface area contributed by atoms with Crippen molar-refractivity contribution in [3.63, 3.8) is 0 Å². The van der Waals surface area contributed by atoms with Crippen molar-refractivity contribution in [3.05, 3.63) is 88.7 Å². The number of anilines is 1. The van der Waals surface area contributed by atoms with Crippen LogP contribution < -0.4 is 15.5 Å². The maximum Gasteiger partial charge on any atom is 0.414 e. The molecular formula is C26H25ClFN3O3. The van der Waals surface area contributed by atoms with Gasteiger partial charge in [0.1, 0.15) is 11.9 Å². The Balaban J connectivity index is 1.36. The number of benzene rings is 3. The number of hydrogen-bond acceptors (Lipinski definition) is 4. The lowest BCUT2D eigenvalue weighted by Gasteiger charge is -2.15. The van der Waals surface area contributed by atoms with Crippen molar-refractivity contribution >= 4 is 29.3 Å². The van der Waals surface area contributed by atoms with Crippen molar-refractivity contribution in [2.24, 2.45) is 0 Å². The van der Waals surface area contributed by atoms with E-state index in [9.17, 15) is 14.0 Å². The van der Waals surface area contributed by atoms with Gasteiger partial charge in [-0.1, -0.05) is 48.0 Å². The molecule has 3 aromatic carbocycles. The highest BCUT2D eigenvalue weighted by Gasteiger charge is 2.32. The minimum atomic E-state index is -0.557. The zero-order valence-electron chi connectivity index (χ0n) is 18.7. The summed E-state index contributed by atoms with van der Waals surface area (Å²) in [5.74, 6) is -0.627. The number of halogens is 2. The molecule has 1 aliphatic heterocycles. The van der Waals surface area contributed by atoms with E-state index in [0.29, 0.717) is 22.8 Å². The molecule has 0 spiro atoms. The third kappa shape index (κ3) is 5.92. The zero-order valence-corrected chi connectivity index (χ0v) is 19.4. The van der Waals surface area contributed by atoms with E-state index in [1.165, 1.54) is 17.9 Å². The molecule has 2 amide bonds. The van der Waals surface area contributed by atoms with Crippen molar-refractivity contribution in [2.45, 2.75) is 26.1 Å². The van der Waals surface area contributed by atoms with Gasteiger partial charge in [0.05, 0.1) is 18.8 Å². The summed E-state index contributed by atoms with van der Waals surface area (Å²) in [4.78, 5) is 24.6. The van der Waals surface area contributed by atoms with Crippen LogP contribution in [-0.2, 0) is 22.6 Å². The number of cyclic esters (lactones) is 1. The Morgan fingerprint density at radius 2 is 1.71 bits per heavy atom. The topological polar surface area (TPSA) is 70.7 Å². The third-order valence-corrected chi connectivity index (χ3v) is 5.81. The summed E-state index contributed by atoms with van der Waals surface area (Å²) in [5, 5.41) is 6.72. The molecular weight excluding hydrogens is 457 g/mol. The minimum absolute atomic E-state index is 0.201. The lowest BCUT2D eigenvalue weighted by Crippen LogP contribution is -2.33. The summed E-state index contributed by atoms with van der Waals surface area (Å²) in [6, 6.07) is 20.1. The number of nitrogens with one attached hydrogen (secondary N) is 2. The van der Waals surface area contributed by atoms with E-state index >= 15 is 0 Å². The third-order valence-electron chi connectivity index (χ3n) is 5.55. The molecule has 4 rings (SSSR count). The van der Waals surface area contributed by atoms with Gasteiger partial charge in [0.25, 0.3) is 0 Å². The Morgan fingerprint density at radius 3 is 2.32 bits per heavy atom. The van der Waals surface area contributed by atoms with Crippen LogP contribution in [0.15, 0.2) is 66.7 Å². The molecule has 0 saturated carbocycles. The van der Waals surface area contributed by atoms with Crippen molar-refractivity contribution in [3.8, 4) is 11.1 Å². The molecule has 1 fully saturated rings. The van der Waals surface area contributed by atoms with Crippen LogP contribution in [0.4, 0.5) is 14.9 Å². The maximum absolute atomic E-state index is 14.9. The number of carbonyl (C=O) groups excluding carboxylic acids is 2. The largest absolute Gasteiger partial charge is 0.442 e. The predicted molar refractivity (Wildman–Crippen MR) is 130 cm³/mol. The molecule has 6 nitrogen and oxygen atoms in total. The molecule has 1 heterocycles. The molecule has 2 N–H and O–H groups in total. The maximum atomic E-state index is 14.9. The fourth-order valence-corrected chi connectivity index (χ4v) is 3.88. The van der Waals surface area contributed by atoms with Crippen molar-refractivity contribution in [1.29, 1.82) is 0 Å². The lowest BCUT2D eigenvalue weighted by molar-refractivity contribution is -0.119. The van der Waals surface area contributed by atoms with Crippen LogP contribution in [0.5, 0.6) is 0 Å². The highest BCUT2D eigenvalue weighted by molar-refractivity contribution is 6.30. The molecule has 8 heteroatoms. The van der Waals surface area contributed by atoms with E-state index in [4.69, 9.17) is 16.3 Å². The summed E-state index contributed by atoms with van der Waals surface area (Å²) >= 11 is 5.91. The zero-order chi connectivity index (χ0) is 24.1. The number of nitrogens with zero attached hydrogens (tertiary/aromatic N) is 1. The van der Waals surface area contributed by atoms with Crippen molar-refractivity contribution < 1.29 is 18.7 Å². The summed E-state index contributed by atoms with van der Waals surface area (Å²) in [6.45, 7) is 3.27. The second-order valence-electron chi connectivity index (χ2n) is 8.14. The fraction of sp³-hybridized carbons (Fsp3) is 0.231. The van der Waals surface area contributed by atoms with Crippen LogP contribution in [0.2, 0.25) is 5.02 Å². The van der Waals surface area contributed by atoms with Crippen LogP contribution in [-0.4, -0.2) is 31.2 Å². The van der Waals surface area contributed by atoms with E-state index in [0.717, 1.165) is 23.2 Å². The van der Waals surface area contributed by atoms with Gasteiger partial charge >= 0.3 is 6.09 Å². The highest BCUT2D eigenvalue weighted by Crippen LogP contribution is 2.29. The molecule has 0 bridgehead atoms. The van der Waals surface area contributed by atoms with Crippen LogP contribution in [0, 0.1) is 5.82 Å². The van der Waals surface area contributed by atoms with Gasteiger partial charge in [-0.2, -0.15) is 0 Å². The average molecular weight is 482 g/mol. The minimum Gasteiger partial charge on any atom is -0.442 e. The standard InChI is InChI=1S/C26H25ClFN3O3/c1-17(32)30-15-23-16-31(26(33)34-23)22-10-11-24(25(28)12-22)20-6-2-18(3-7-20)13-29-14-19-4-8-21(27)9-5-19/h2-12,23,29H,13-16H2,1H3,(H,30,32). The quantitative estimate of drug-likeness (QED) is 0.480. The monoisotopic (exact) mass is 481 g/mol. The molecule has 0 radical (unpaired) electrons. The second kappa shape index (κ2) is 10.7. The van der Waals surface area contributed by atoms with E-state index in [-0.39, 0.29) is 19.0 Å². The summed E-state index contributed by atoms with van der Waals surface area (Å²) < 4.78 is 20.2. The van der Waals surface area contributed by atoms with Gasteiger partial charge in [-0.05, 0) is 47.0 Å². The van der Waals surface area contributed by atoms with Crippen LogP contribution in [0.1, 0.15) is 18.1 Å². The molecule has 0 aromatic heterocycles. The lowest BCUT2D eigenvalue weighted by atomic mass is 10.0.